The molecule has 0 spiro atoms. The third-order valence-corrected chi connectivity index (χ3v) is 4.51. The normalized spacial score (nSPS) is 25.1. The van der Waals surface area contributed by atoms with Gasteiger partial charge in [-0.05, 0) is 21.1 Å². The Kier molecular flexibility index (Phi) is 4.91. The highest BCUT2D eigenvalue weighted by Crippen LogP contribution is 2.07. The topological polar surface area (TPSA) is 69.7 Å². The van der Waals surface area contributed by atoms with E-state index in [4.69, 9.17) is 0 Å². The van der Waals surface area contributed by atoms with Crippen LogP contribution in [0.2, 0.25) is 0 Å². The summed E-state index contributed by atoms with van der Waals surface area (Å²) in [4.78, 5) is 15.7. The first-order valence-corrected chi connectivity index (χ1v) is 7.49. The van der Waals surface area contributed by atoms with Crippen LogP contribution in [0.15, 0.2) is 0 Å². The van der Waals surface area contributed by atoms with E-state index in [0.717, 1.165) is 6.54 Å². The van der Waals surface area contributed by atoms with Crippen molar-refractivity contribution in [3.05, 3.63) is 0 Å². The predicted octanol–water partition coefficient (Wildman–Crippen LogP) is -1.61. The lowest BCUT2D eigenvalue weighted by molar-refractivity contribution is -0.132. The zero-order valence-electron chi connectivity index (χ0n) is 10.6. The molecular weight excluding hydrogens is 242 g/mol. The van der Waals surface area contributed by atoms with E-state index < -0.39 is 15.9 Å². The van der Waals surface area contributed by atoms with Gasteiger partial charge in [0.05, 0.1) is 11.5 Å². The zero-order valence-corrected chi connectivity index (χ0v) is 11.5. The molecule has 0 aromatic heterocycles. The standard InChI is InChI=1S/C10H21N3O3S/c1-11-9-8-17(15,16)7-6-13(10(9)14)5-4-12(2)3/h9,11H,4-8H2,1-3H3. The Bertz CT molecular complexity index is 367. The van der Waals surface area contributed by atoms with Gasteiger partial charge < -0.3 is 15.1 Å². The Morgan fingerprint density at radius 1 is 1.47 bits per heavy atom. The SMILES string of the molecule is CNC1CS(=O)(=O)CCN(CCN(C)C)C1=O. The Labute approximate surface area is 103 Å². The van der Waals surface area contributed by atoms with E-state index in [1.54, 1.807) is 11.9 Å². The second kappa shape index (κ2) is 5.79. The number of likely N-dealkylation sites (N-methyl/N-ethyl adjacent to an activating group) is 2. The maximum Gasteiger partial charge on any atom is 0.240 e. The van der Waals surface area contributed by atoms with Crippen molar-refractivity contribution in [2.24, 2.45) is 0 Å². The van der Waals surface area contributed by atoms with Crippen molar-refractivity contribution in [1.29, 1.82) is 0 Å². The summed E-state index contributed by atoms with van der Waals surface area (Å²) < 4.78 is 23.3. The van der Waals surface area contributed by atoms with Crippen LogP contribution in [0.3, 0.4) is 0 Å². The summed E-state index contributed by atoms with van der Waals surface area (Å²) in [6.07, 6.45) is 0. The predicted molar refractivity (Wildman–Crippen MR) is 66.6 cm³/mol. The van der Waals surface area contributed by atoms with Gasteiger partial charge in [0, 0.05) is 19.6 Å². The quantitative estimate of drug-likeness (QED) is 0.661. The van der Waals surface area contributed by atoms with Gasteiger partial charge in [0.25, 0.3) is 0 Å². The van der Waals surface area contributed by atoms with Crippen molar-refractivity contribution in [1.82, 2.24) is 15.1 Å². The molecule has 0 aliphatic carbocycles. The Hall–Kier alpha value is -0.660. The Morgan fingerprint density at radius 2 is 2.12 bits per heavy atom. The number of sulfone groups is 1. The summed E-state index contributed by atoms with van der Waals surface area (Å²) in [5.41, 5.74) is 0. The largest absolute Gasteiger partial charge is 0.339 e. The number of hydrogen-bond acceptors (Lipinski definition) is 5. The average molecular weight is 263 g/mol. The molecule has 1 N–H and O–H groups in total. The maximum absolute atomic E-state index is 12.1. The second-order valence-electron chi connectivity index (χ2n) is 4.58. The monoisotopic (exact) mass is 263 g/mol. The van der Waals surface area contributed by atoms with Crippen LogP contribution in [0.1, 0.15) is 0 Å². The molecule has 6 nitrogen and oxygen atoms in total. The highest BCUT2D eigenvalue weighted by molar-refractivity contribution is 7.91. The fourth-order valence-electron chi connectivity index (χ4n) is 1.74. The molecule has 17 heavy (non-hydrogen) atoms. The van der Waals surface area contributed by atoms with Gasteiger partial charge in [-0.2, -0.15) is 0 Å². The van der Waals surface area contributed by atoms with E-state index in [1.807, 2.05) is 19.0 Å². The fraction of sp³-hybridized carbons (Fsp3) is 0.900. The lowest BCUT2D eigenvalue weighted by Gasteiger charge is -2.24. The molecule has 7 heteroatoms. The van der Waals surface area contributed by atoms with Gasteiger partial charge in [0.2, 0.25) is 5.91 Å². The molecule has 1 atom stereocenters. The van der Waals surface area contributed by atoms with Crippen LogP contribution in [0.5, 0.6) is 0 Å². The molecule has 1 saturated heterocycles. The van der Waals surface area contributed by atoms with Crippen LogP contribution in [0, 0.1) is 0 Å². The molecule has 1 amide bonds. The molecule has 0 aromatic carbocycles. The number of carbonyl (C=O) groups is 1. The van der Waals surface area contributed by atoms with Crippen molar-refractivity contribution in [2.45, 2.75) is 6.04 Å². The summed E-state index contributed by atoms with van der Waals surface area (Å²) in [6.45, 7) is 1.61. The Morgan fingerprint density at radius 3 is 2.65 bits per heavy atom. The van der Waals surface area contributed by atoms with Crippen molar-refractivity contribution in [2.75, 3.05) is 52.3 Å². The second-order valence-corrected chi connectivity index (χ2v) is 6.81. The Balaban J connectivity index is 2.75. The first kappa shape index (κ1) is 14.4. The smallest absolute Gasteiger partial charge is 0.240 e. The number of amides is 1. The molecule has 1 unspecified atom stereocenters. The van der Waals surface area contributed by atoms with Crippen molar-refractivity contribution < 1.29 is 13.2 Å². The van der Waals surface area contributed by atoms with E-state index in [2.05, 4.69) is 5.32 Å². The molecular formula is C10H21N3O3S. The third-order valence-electron chi connectivity index (χ3n) is 2.87. The minimum Gasteiger partial charge on any atom is -0.339 e. The number of carbonyl (C=O) groups excluding carboxylic acids is 1. The summed E-state index contributed by atoms with van der Waals surface area (Å²) in [6, 6.07) is -0.607. The van der Waals surface area contributed by atoms with Crippen LogP contribution < -0.4 is 5.32 Å². The van der Waals surface area contributed by atoms with Crippen LogP contribution in [0.25, 0.3) is 0 Å². The van der Waals surface area contributed by atoms with Gasteiger partial charge in [-0.25, -0.2) is 8.42 Å². The highest BCUT2D eigenvalue weighted by Gasteiger charge is 2.32. The molecule has 100 valence electrons. The fourth-order valence-corrected chi connectivity index (χ4v) is 3.22. The third kappa shape index (κ3) is 4.25. The highest BCUT2D eigenvalue weighted by atomic mass is 32.2. The van der Waals surface area contributed by atoms with Crippen molar-refractivity contribution >= 4 is 15.7 Å². The van der Waals surface area contributed by atoms with E-state index in [9.17, 15) is 13.2 Å². The number of nitrogens with zero attached hydrogens (tertiary/aromatic N) is 2. The lowest BCUT2D eigenvalue weighted by atomic mass is 10.3. The molecule has 1 aliphatic heterocycles. The van der Waals surface area contributed by atoms with E-state index >= 15 is 0 Å². The van der Waals surface area contributed by atoms with Gasteiger partial charge in [0.15, 0.2) is 9.84 Å². The van der Waals surface area contributed by atoms with Crippen LogP contribution in [-0.2, 0) is 14.6 Å². The zero-order chi connectivity index (χ0) is 13.1. The van der Waals surface area contributed by atoms with Crippen LogP contribution in [-0.4, -0.2) is 82.4 Å². The molecule has 0 aromatic rings. The molecule has 1 heterocycles. The van der Waals surface area contributed by atoms with Gasteiger partial charge >= 0.3 is 0 Å². The molecule has 1 aliphatic rings. The van der Waals surface area contributed by atoms with E-state index in [0.29, 0.717) is 13.1 Å². The van der Waals surface area contributed by atoms with Gasteiger partial charge in [-0.15, -0.1) is 0 Å². The molecule has 1 rings (SSSR count). The summed E-state index contributed by atoms with van der Waals surface area (Å²) >= 11 is 0. The molecule has 1 fully saturated rings. The molecule has 0 bridgehead atoms. The maximum atomic E-state index is 12.1. The molecule has 0 saturated carbocycles. The van der Waals surface area contributed by atoms with Gasteiger partial charge in [-0.1, -0.05) is 0 Å². The number of hydrogen-bond donors (Lipinski definition) is 1. The first-order chi connectivity index (χ1) is 7.85. The number of rotatable bonds is 4. The van der Waals surface area contributed by atoms with Crippen LogP contribution in [0.4, 0.5) is 0 Å². The van der Waals surface area contributed by atoms with Gasteiger partial charge in [-0.3, -0.25) is 4.79 Å². The van der Waals surface area contributed by atoms with Gasteiger partial charge in [0.1, 0.15) is 6.04 Å². The first-order valence-electron chi connectivity index (χ1n) is 5.67. The van der Waals surface area contributed by atoms with Crippen molar-refractivity contribution in [3.63, 3.8) is 0 Å². The molecule has 0 radical (unpaired) electrons. The average Bonchev–Trinajstić information content (AvgIpc) is 2.34. The van der Waals surface area contributed by atoms with Crippen LogP contribution >= 0.6 is 0 Å². The van der Waals surface area contributed by atoms with E-state index in [1.165, 1.54) is 0 Å². The summed E-state index contributed by atoms with van der Waals surface area (Å²) in [7, 11) is 2.35. The minimum atomic E-state index is -3.12. The lowest BCUT2D eigenvalue weighted by Crippen LogP contribution is -2.47. The van der Waals surface area contributed by atoms with Crippen molar-refractivity contribution in [3.8, 4) is 0 Å². The van der Waals surface area contributed by atoms with E-state index in [-0.39, 0.29) is 17.4 Å². The summed E-state index contributed by atoms with van der Waals surface area (Å²) in [5.74, 6) is -0.152. The summed E-state index contributed by atoms with van der Waals surface area (Å²) in [5, 5.41) is 2.78. The minimum absolute atomic E-state index is 0.0599. The number of nitrogens with one attached hydrogen (secondary N) is 1.